The molecule has 0 N–H and O–H groups in total. The van der Waals surface area contributed by atoms with Gasteiger partial charge in [-0.25, -0.2) is 9.79 Å². The van der Waals surface area contributed by atoms with Gasteiger partial charge in [-0.15, -0.1) is 11.8 Å². The first kappa shape index (κ1) is 26.2. The summed E-state index contributed by atoms with van der Waals surface area (Å²) in [7, 11) is 1.37. The molecule has 2 atom stereocenters. The number of allylic oxidation sites excluding steroid dienone is 1. The number of ether oxygens (including phenoxy) is 1. The molecule has 5 nitrogen and oxygen atoms in total. The molecule has 0 saturated carbocycles. The van der Waals surface area contributed by atoms with Crippen molar-refractivity contribution in [1.82, 2.24) is 4.57 Å². The predicted octanol–water partition coefficient (Wildman–Crippen LogP) is 5.84. The lowest BCUT2D eigenvalue weighted by Crippen LogP contribution is -2.40. The molecule has 0 spiro atoms. The third-order valence-electron chi connectivity index (χ3n) is 6.87. The van der Waals surface area contributed by atoms with Gasteiger partial charge in [0, 0.05) is 10.1 Å². The van der Waals surface area contributed by atoms with Crippen molar-refractivity contribution in [2.45, 2.75) is 49.8 Å². The summed E-state index contributed by atoms with van der Waals surface area (Å²) in [6.45, 7) is 6.40. The summed E-state index contributed by atoms with van der Waals surface area (Å²) in [5.41, 5.74) is 2.73. The summed E-state index contributed by atoms with van der Waals surface area (Å²) in [5, 5.41) is 2.81. The number of hydrogen-bond donors (Lipinski definition) is 0. The van der Waals surface area contributed by atoms with Crippen LogP contribution in [0, 0.1) is 0 Å². The minimum atomic E-state index is -0.594. The molecule has 7 heteroatoms. The Kier molecular flexibility index (Phi) is 7.68. The second-order valence-corrected chi connectivity index (χ2v) is 11.7. The van der Waals surface area contributed by atoms with E-state index in [1.54, 1.807) is 4.57 Å². The Bertz CT molecular complexity index is 1720. The number of methoxy groups -OCH3 is 1. The maximum atomic E-state index is 13.9. The Hall–Kier alpha value is -3.42. The quantitative estimate of drug-likeness (QED) is 0.217. The lowest BCUT2D eigenvalue weighted by atomic mass is 9.95. The maximum absolute atomic E-state index is 13.9. The zero-order chi connectivity index (χ0) is 26.8. The third-order valence-corrected chi connectivity index (χ3v) is 9.20. The molecule has 0 aliphatic carbocycles. The number of carbonyl (C=O) groups excluding carboxylic acids is 1. The van der Waals surface area contributed by atoms with Gasteiger partial charge in [-0.3, -0.25) is 9.36 Å². The zero-order valence-electron chi connectivity index (χ0n) is 21.9. The summed E-state index contributed by atoms with van der Waals surface area (Å²) in [4.78, 5) is 33.5. The first-order chi connectivity index (χ1) is 18.5. The van der Waals surface area contributed by atoms with E-state index in [2.05, 4.69) is 44.2 Å². The van der Waals surface area contributed by atoms with Gasteiger partial charge in [-0.05, 0) is 46.9 Å². The number of benzene rings is 3. The van der Waals surface area contributed by atoms with Crippen molar-refractivity contribution in [2.24, 2.45) is 4.99 Å². The maximum Gasteiger partial charge on any atom is 0.338 e. The second-order valence-electron chi connectivity index (χ2n) is 9.23. The molecule has 0 radical (unpaired) electrons. The molecular formula is C31H30N2O3S2. The SMILES string of the molecule is CCC1=C(C(=O)OC)[C@@H](c2ccccc2)n2c(s/c(=C\c3ccc(S[C@@H](C)CC)c4ccccc34)c2=O)=N1. The molecular weight excluding hydrogens is 512 g/mol. The minimum Gasteiger partial charge on any atom is -0.466 e. The number of fused-ring (bicyclic) bond motifs is 2. The van der Waals surface area contributed by atoms with Gasteiger partial charge in [0.05, 0.1) is 29.0 Å². The van der Waals surface area contributed by atoms with Crippen molar-refractivity contribution in [1.29, 1.82) is 0 Å². The standard InChI is InChI=1S/C31H30N2O3S2/c1-5-19(3)37-25-17-16-21(22-14-10-11-15-23(22)25)18-26-29(34)33-28(20-12-8-7-9-13-20)27(30(35)36-4)24(6-2)32-31(33)38-26/h7-19,28H,5-6H2,1-4H3/b26-18-/t19-,28+/m0/s1. The Morgan fingerprint density at radius 2 is 1.79 bits per heavy atom. The fourth-order valence-corrected chi connectivity index (χ4v) is 6.84. The highest BCUT2D eigenvalue weighted by Crippen LogP contribution is 2.34. The molecule has 1 aliphatic heterocycles. The molecule has 0 fully saturated rings. The van der Waals surface area contributed by atoms with Crippen LogP contribution in [0.25, 0.3) is 16.8 Å². The number of aromatic nitrogens is 1. The first-order valence-corrected chi connectivity index (χ1v) is 14.5. The van der Waals surface area contributed by atoms with E-state index in [1.807, 2.05) is 61.2 Å². The largest absolute Gasteiger partial charge is 0.466 e. The third kappa shape index (κ3) is 4.76. The second kappa shape index (κ2) is 11.1. The Morgan fingerprint density at radius 1 is 1.08 bits per heavy atom. The molecule has 194 valence electrons. The number of hydrogen-bond acceptors (Lipinski definition) is 6. The molecule has 0 bridgehead atoms. The van der Waals surface area contributed by atoms with E-state index in [-0.39, 0.29) is 5.56 Å². The van der Waals surface area contributed by atoms with Crippen molar-refractivity contribution >= 4 is 45.9 Å². The van der Waals surface area contributed by atoms with E-state index < -0.39 is 12.0 Å². The van der Waals surface area contributed by atoms with E-state index in [0.717, 1.165) is 22.9 Å². The lowest BCUT2D eigenvalue weighted by Gasteiger charge is -2.25. The van der Waals surface area contributed by atoms with Gasteiger partial charge in [0.25, 0.3) is 5.56 Å². The van der Waals surface area contributed by atoms with Crippen molar-refractivity contribution in [2.75, 3.05) is 7.11 Å². The van der Waals surface area contributed by atoms with Crippen LogP contribution in [0.4, 0.5) is 0 Å². The molecule has 38 heavy (non-hydrogen) atoms. The fraction of sp³-hybridized carbons (Fsp3) is 0.258. The number of esters is 1. The van der Waals surface area contributed by atoms with Crippen LogP contribution in [-0.2, 0) is 9.53 Å². The fourth-order valence-electron chi connectivity index (χ4n) is 4.78. The number of rotatable bonds is 7. The van der Waals surface area contributed by atoms with E-state index in [9.17, 15) is 9.59 Å². The summed E-state index contributed by atoms with van der Waals surface area (Å²) >= 11 is 3.24. The highest BCUT2D eigenvalue weighted by molar-refractivity contribution is 8.00. The van der Waals surface area contributed by atoms with Crippen molar-refractivity contribution in [3.05, 3.63) is 109 Å². The zero-order valence-corrected chi connectivity index (χ0v) is 23.6. The van der Waals surface area contributed by atoms with E-state index in [1.165, 1.54) is 28.7 Å². The van der Waals surface area contributed by atoms with E-state index >= 15 is 0 Å². The van der Waals surface area contributed by atoms with Crippen LogP contribution >= 0.6 is 23.1 Å². The minimum absolute atomic E-state index is 0.165. The van der Waals surface area contributed by atoms with Gasteiger partial charge in [0.1, 0.15) is 0 Å². The summed E-state index contributed by atoms with van der Waals surface area (Å²) in [6, 6.07) is 21.6. The molecule has 4 aromatic rings. The topological polar surface area (TPSA) is 60.7 Å². The normalized spacial score (nSPS) is 16.3. The first-order valence-electron chi connectivity index (χ1n) is 12.8. The predicted molar refractivity (Wildman–Crippen MR) is 156 cm³/mol. The molecule has 1 aliphatic rings. The van der Waals surface area contributed by atoms with Crippen LogP contribution in [0.1, 0.15) is 50.8 Å². The van der Waals surface area contributed by atoms with Crippen LogP contribution in [0.15, 0.2) is 92.7 Å². The van der Waals surface area contributed by atoms with Crippen LogP contribution in [0.3, 0.4) is 0 Å². The van der Waals surface area contributed by atoms with Crippen LogP contribution in [-0.4, -0.2) is 22.9 Å². The molecule has 1 aromatic heterocycles. The Balaban J connectivity index is 1.72. The molecule has 0 unspecified atom stereocenters. The highest BCUT2D eigenvalue weighted by atomic mass is 32.2. The Morgan fingerprint density at radius 3 is 2.47 bits per heavy atom. The molecule has 0 saturated heterocycles. The molecule has 5 rings (SSSR count). The van der Waals surface area contributed by atoms with Crippen molar-refractivity contribution in [3.8, 4) is 0 Å². The number of thiazole rings is 1. The van der Waals surface area contributed by atoms with Crippen LogP contribution in [0.2, 0.25) is 0 Å². The van der Waals surface area contributed by atoms with Gasteiger partial charge < -0.3 is 4.74 Å². The summed E-state index contributed by atoms with van der Waals surface area (Å²) in [6.07, 6.45) is 3.61. The van der Waals surface area contributed by atoms with Gasteiger partial charge in [-0.1, -0.05) is 92.8 Å². The molecule has 2 heterocycles. The lowest BCUT2D eigenvalue weighted by molar-refractivity contribution is -0.136. The molecule has 3 aromatic carbocycles. The van der Waals surface area contributed by atoms with Gasteiger partial charge in [0.15, 0.2) is 4.80 Å². The van der Waals surface area contributed by atoms with Gasteiger partial charge in [-0.2, -0.15) is 0 Å². The van der Waals surface area contributed by atoms with Crippen LogP contribution < -0.4 is 14.9 Å². The Labute approximate surface area is 230 Å². The highest BCUT2D eigenvalue weighted by Gasteiger charge is 2.33. The monoisotopic (exact) mass is 542 g/mol. The average Bonchev–Trinajstić information content (AvgIpc) is 3.27. The number of thioether (sulfide) groups is 1. The average molecular weight is 543 g/mol. The van der Waals surface area contributed by atoms with Crippen molar-refractivity contribution in [3.63, 3.8) is 0 Å². The smallest absolute Gasteiger partial charge is 0.338 e. The van der Waals surface area contributed by atoms with Crippen LogP contribution in [0.5, 0.6) is 0 Å². The number of carbonyl (C=O) groups is 1. The molecule has 0 amide bonds. The van der Waals surface area contributed by atoms with Crippen molar-refractivity contribution < 1.29 is 9.53 Å². The van der Waals surface area contributed by atoms with E-state index in [0.29, 0.717) is 32.3 Å². The summed E-state index contributed by atoms with van der Waals surface area (Å²) < 4.78 is 7.37. The number of nitrogens with zero attached hydrogens (tertiary/aromatic N) is 2. The van der Waals surface area contributed by atoms with Gasteiger partial charge >= 0.3 is 5.97 Å². The van der Waals surface area contributed by atoms with E-state index in [4.69, 9.17) is 9.73 Å². The van der Waals surface area contributed by atoms with Gasteiger partial charge in [0.2, 0.25) is 0 Å². The summed E-state index contributed by atoms with van der Waals surface area (Å²) in [5.74, 6) is -0.464.